The Bertz CT molecular complexity index is 540. The second-order valence-electron chi connectivity index (χ2n) is 5.91. The summed E-state index contributed by atoms with van der Waals surface area (Å²) in [5.41, 5.74) is 12.6. The molecular weight excluding hydrogens is 254 g/mol. The number of rotatable bonds is 3. The van der Waals surface area contributed by atoms with E-state index in [0.717, 1.165) is 11.1 Å². The summed E-state index contributed by atoms with van der Waals surface area (Å²) >= 11 is 0. The quantitative estimate of drug-likeness (QED) is 0.837. The fourth-order valence-corrected chi connectivity index (χ4v) is 2.47. The Balaban J connectivity index is 2.36. The van der Waals surface area contributed by atoms with Crippen molar-refractivity contribution in [3.63, 3.8) is 0 Å². The van der Waals surface area contributed by atoms with Gasteiger partial charge < -0.3 is 16.4 Å². The first-order valence-corrected chi connectivity index (χ1v) is 6.74. The van der Waals surface area contributed by atoms with Gasteiger partial charge in [0.25, 0.3) is 0 Å². The highest BCUT2D eigenvalue weighted by atomic mass is 16.2. The van der Waals surface area contributed by atoms with Crippen molar-refractivity contribution < 1.29 is 9.59 Å². The van der Waals surface area contributed by atoms with Gasteiger partial charge >= 0.3 is 0 Å². The highest BCUT2D eigenvalue weighted by molar-refractivity contribution is 5.90. The lowest BCUT2D eigenvalue weighted by Gasteiger charge is -2.39. The van der Waals surface area contributed by atoms with Gasteiger partial charge in [0.05, 0.1) is 5.41 Å². The summed E-state index contributed by atoms with van der Waals surface area (Å²) in [6.45, 7) is 4.21. The van der Waals surface area contributed by atoms with Crippen molar-refractivity contribution in [3.05, 3.63) is 35.4 Å². The van der Waals surface area contributed by atoms with Crippen molar-refractivity contribution in [1.29, 1.82) is 0 Å². The molecule has 20 heavy (non-hydrogen) atoms. The number of carbonyl (C=O) groups excluding carboxylic acids is 2. The van der Waals surface area contributed by atoms with Gasteiger partial charge in [0.1, 0.15) is 6.04 Å². The number of carbonyl (C=O) groups is 2. The number of fused-ring (bicyclic) bond motifs is 1. The average molecular weight is 275 g/mol. The molecule has 2 rings (SSSR count). The minimum atomic E-state index is -0.694. The van der Waals surface area contributed by atoms with Gasteiger partial charge in [-0.05, 0) is 25.0 Å². The second-order valence-corrected chi connectivity index (χ2v) is 5.91. The van der Waals surface area contributed by atoms with Crippen LogP contribution in [0, 0.1) is 5.41 Å². The van der Waals surface area contributed by atoms with Gasteiger partial charge in [-0.15, -0.1) is 0 Å². The molecule has 1 aliphatic heterocycles. The molecule has 0 unspecified atom stereocenters. The fourth-order valence-electron chi connectivity index (χ4n) is 2.47. The molecule has 108 valence electrons. The highest BCUT2D eigenvalue weighted by Gasteiger charge is 2.39. The summed E-state index contributed by atoms with van der Waals surface area (Å²) < 4.78 is 0. The number of hydrogen-bond acceptors (Lipinski definition) is 3. The molecule has 5 nitrogen and oxygen atoms in total. The Morgan fingerprint density at radius 3 is 2.45 bits per heavy atom. The van der Waals surface area contributed by atoms with E-state index in [1.54, 1.807) is 18.7 Å². The van der Waals surface area contributed by atoms with E-state index in [2.05, 4.69) is 0 Å². The maximum atomic E-state index is 12.6. The van der Waals surface area contributed by atoms with Gasteiger partial charge in [0.15, 0.2) is 0 Å². The first kappa shape index (κ1) is 14.5. The van der Waals surface area contributed by atoms with E-state index < -0.39 is 17.4 Å². The third-order valence-corrected chi connectivity index (χ3v) is 3.93. The van der Waals surface area contributed by atoms with Gasteiger partial charge in [-0.2, -0.15) is 0 Å². The molecule has 0 saturated heterocycles. The maximum Gasteiger partial charge on any atom is 0.240 e. The van der Waals surface area contributed by atoms with E-state index >= 15 is 0 Å². The summed E-state index contributed by atoms with van der Waals surface area (Å²) in [5, 5.41) is 0. The Labute approximate surface area is 118 Å². The van der Waals surface area contributed by atoms with Crippen LogP contribution in [0.25, 0.3) is 0 Å². The number of amides is 2. The number of nitrogens with zero attached hydrogens (tertiary/aromatic N) is 1. The molecular formula is C15H21N3O2. The summed E-state index contributed by atoms with van der Waals surface area (Å²) in [6, 6.07) is 7.21. The second kappa shape index (κ2) is 5.25. The molecule has 1 atom stereocenters. The van der Waals surface area contributed by atoms with E-state index in [-0.39, 0.29) is 12.5 Å². The zero-order valence-electron chi connectivity index (χ0n) is 11.9. The maximum absolute atomic E-state index is 12.6. The molecule has 0 radical (unpaired) electrons. The molecule has 0 fully saturated rings. The molecule has 0 aliphatic carbocycles. The molecule has 0 aromatic heterocycles. The largest absolute Gasteiger partial charge is 0.368 e. The lowest BCUT2D eigenvalue weighted by Crippen LogP contribution is -2.55. The molecule has 0 saturated carbocycles. The zero-order chi connectivity index (χ0) is 14.9. The van der Waals surface area contributed by atoms with E-state index in [1.165, 1.54) is 0 Å². The van der Waals surface area contributed by atoms with Gasteiger partial charge in [-0.25, -0.2) is 0 Å². The smallest absolute Gasteiger partial charge is 0.240 e. The summed E-state index contributed by atoms with van der Waals surface area (Å²) in [5.74, 6) is -0.598. The topological polar surface area (TPSA) is 89.4 Å². The van der Waals surface area contributed by atoms with Gasteiger partial charge in [-0.3, -0.25) is 9.59 Å². The summed E-state index contributed by atoms with van der Waals surface area (Å²) in [4.78, 5) is 25.9. The van der Waals surface area contributed by atoms with Crippen molar-refractivity contribution in [2.75, 3.05) is 6.54 Å². The van der Waals surface area contributed by atoms with E-state index in [1.807, 2.05) is 24.3 Å². The highest BCUT2D eigenvalue weighted by Crippen LogP contribution is 2.27. The lowest BCUT2D eigenvalue weighted by molar-refractivity contribution is -0.147. The van der Waals surface area contributed by atoms with Crippen molar-refractivity contribution in [3.8, 4) is 0 Å². The molecule has 1 aromatic rings. The minimum absolute atomic E-state index is 0.127. The predicted octanol–water partition coefficient (Wildman–Crippen LogP) is 0.410. The zero-order valence-corrected chi connectivity index (χ0v) is 11.9. The van der Waals surface area contributed by atoms with Crippen LogP contribution in [0.3, 0.4) is 0 Å². The third kappa shape index (κ3) is 2.54. The molecule has 5 heteroatoms. The van der Waals surface area contributed by atoms with Gasteiger partial charge in [0, 0.05) is 19.5 Å². The predicted molar refractivity (Wildman–Crippen MR) is 76.5 cm³/mol. The molecule has 0 bridgehead atoms. The van der Waals surface area contributed by atoms with Crippen LogP contribution in [-0.4, -0.2) is 29.3 Å². The Kier molecular flexibility index (Phi) is 3.81. The van der Waals surface area contributed by atoms with E-state index in [4.69, 9.17) is 11.5 Å². The van der Waals surface area contributed by atoms with Crippen molar-refractivity contribution in [2.24, 2.45) is 16.9 Å². The SMILES string of the molecule is CC(C)(CN)C(=O)N1Cc2ccccc2C[C@H]1C(N)=O. The first-order chi connectivity index (χ1) is 9.36. The van der Waals surface area contributed by atoms with Crippen LogP contribution in [-0.2, 0) is 22.6 Å². The molecule has 2 amide bonds. The van der Waals surface area contributed by atoms with Crippen LogP contribution in [0.5, 0.6) is 0 Å². The van der Waals surface area contributed by atoms with Gasteiger partial charge in [0.2, 0.25) is 11.8 Å². The molecule has 1 heterocycles. The number of primary amides is 1. The third-order valence-electron chi connectivity index (χ3n) is 3.93. The average Bonchev–Trinajstić information content (AvgIpc) is 2.44. The van der Waals surface area contributed by atoms with Gasteiger partial charge in [-0.1, -0.05) is 24.3 Å². The Morgan fingerprint density at radius 1 is 1.30 bits per heavy atom. The van der Waals surface area contributed by atoms with Crippen LogP contribution in [0.2, 0.25) is 0 Å². The summed E-state index contributed by atoms with van der Waals surface area (Å²) in [7, 11) is 0. The standard InChI is InChI=1S/C15H21N3O2/c1-15(2,9-16)14(20)18-8-11-6-4-3-5-10(11)7-12(18)13(17)19/h3-6,12H,7-9,16H2,1-2H3,(H2,17,19)/t12-/m0/s1. The lowest BCUT2D eigenvalue weighted by atomic mass is 9.87. The molecule has 1 aromatic carbocycles. The van der Waals surface area contributed by atoms with Crippen LogP contribution < -0.4 is 11.5 Å². The fraction of sp³-hybridized carbons (Fsp3) is 0.467. The van der Waals surface area contributed by atoms with Crippen LogP contribution in [0.15, 0.2) is 24.3 Å². The monoisotopic (exact) mass is 275 g/mol. The molecule has 1 aliphatic rings. The molecule has 4 N–H and O–H groups in total. The Morgan fingerprint density at radius 2 is 1.90 bits per heavy atom. The number of hydrogen-bond donors (Lipinski definition) is 2. The molecule has 0 spiro atoms. The van der Waals surface area contributed by atoms with E-state index in [9.17, 15) is 9.59 Å². The van der Waals surface area contributed by atoms with Crippen LogP contribution in [0.4, 0.5) is 0 Å². The summed E-state index contributed by atoms with van der Waals surface area (Å²) in [6.07, 6.45) is 0.470. The normalized spacial score (nSPS) is 18.6. The van der Waals surface area contributed by atoms with Crippen LogP contribution >= 0.6 is 0 Å². The van der Waals surface area contributed by atoms with Crippen molar-refractivity contribution in [1.82, 2.24) is 4.90 Å². The Hall–Kier alpha value is -1.88. The number of benzene rings is 1. The first-order valence-electron chi connectivity index (χ1n) is 6.74. The van der Waals surface area contributed by atoms with Crippen LogP contribution in [0.1, 0.15) is 25.0 Å². The van der Waals surface area contributed by atoms with Crippen molar-refractivity contribution in [2.45, 2.75) is 32.9 Å². The van der Waals surface area contributed by atoms with Crippen molar-refractivity contribution >= 4 is 11.8 Å². The van der Waals surface area contributed by atoms with E-state index in [0.29, 0.717) is 13.0 Å². The minimum Gasteiger partial charge on any atom is -0.368 e. The number of nitrogens with two attached hydrogens (primary N) is 2.